The minimum absolute atomic E-state index is 0.181. The number of hydrogen-bond donors (Lipinski definition) is 2. The lowest BCUT2D eigenvalue weighted by Gasteiger charge is -2.02. The Bertz CT molecular complexity index is 836. The van der Waals surface area contributed by atoms with Crippen molar-refractivity contribution in [2.75, 3.05) is 13.7 Å². The van der Waals surface area contributed by atoms with Gasteiger partial charge in [-0.3, -0.25) is 4.79 Å². The van der Waals surface area contributed by atoms with Crippen LogP contribution in [0.25, 0.3) is 11.0 Å². The lowest BCUT2D eigenvalue weighted by atomic mass is 10.3. The van der Waals surface area contributed by atoms with Gasteiger partial charge in [-0.05, 0) is 30.7 Å². The number of carbonyl (C=O) groups excluding carboxylic acids is 2. The van der Waals surface area contributed by atoms with Gasteiger partial charge < -0.3 is 15.0 Å². The average molecular weight is 343 g/mol. The van der Waals surface area contributed by atoms with E-state index in [1.54, 1.807) is 12.1 Å². The third kappa shape index (κ3) is 3.62. The molecule has 0 spiro atoms. The van der Waals surface area contributed by atoms with Crippen molar-refractivity contribution < 1.29 is 14.3 Å². The monoisotopic (exact) mass is 343 g/mol. The zero-order chi connectivity index (χ0) is 16.9. The van der Waals surface area contributed by atoms with Gasteiger partial charge in [0.1, 0.15) is 10.7 Å². The molecule has 2 heterocycles. The van der Waals surface area contributed by atoms with Crippen LogP contribution in [0.1, 0.15) is 31.6 Å². The SMILES string of the molecule is COC(=O)c1ccc(C(=O)NCCCc2nc3ccccc3[nH]2)s1. The minimum Gasteiger partial charge on any atom is -0.465 e. The van der Waals surface area contributed by atoms with Crippen LogP contribution >= 0.6 is 11.3 Å². The standard InChI is InChI=1S/C17H17N3O3S/c1-23-17(22)14-9-8-13(24-14)16(21)18-10-4-7-15-19-11-5-2-3-6-12(11)20-15/h2-3,5-6,8-9H,4,7,10H2,1H3,(H,18,21)(H,19,20). The molecule has 0 aliphatic carbocycles. The number of benzene rings is 1. The first-order valence-electron chi connectivity index (χ1n) is 7.57. The van der Waals surface area contributed by atoms with Crippen LogP contribution in [0.15, 0.2) is 36.4 Å². The molecule has 0 fully saturated rings. The number of imidazole rings is 1. The quantitative estimate of drug-likeness (QED) is 0.532. The lowest BCUT2D eigenvalue weighted by Crippen LogP contribution is -2.23. The van der Waals surface area contributed by atoms with Crippen molar-refractivity contribution in [3.63, 3.8) is 0 Å². The second kappa shape index (κ2) is 7.27. The first-order chi connectivity index (χ1) is 11.7. The topological polar surface area (TPSA) is 84.1 Å². The molecule has 6 nitrogen and oxygen atoms in total. The Morgan fingerprint density at radius 3 is 2.79 bits per heavy atom. The zero-order valence-corrected chi connectivity index (χ0v) is 14.0. The van der Waals surface area contributed by atoms with E-state index in [0.29, 0.717) is 16.3 Å². The first-order valence-corrected chi connectivity index (χ1v) is 8.39. The molecule has 0 unspecified atom stereocenters. The van der Waals surface area contributed by atoms with Crippen molar-refractivity contribution in [3.8, 4) is 0 Å². The number of aryl methyl sites for hydroxylation is 1. The van der Waals surface area contributed by atoms with Gasteiger partial charge in [-0.15, -0.1) is 11.3 Å². The number of esters is 1. The number of amides is 1. The number of methoxy groups -OCH3 is 1. The van der Waals surface area contributed by atoms with Crippen molar-refractivity contribution >= 4 is 34.2 Å². The number of aromatic amines is 1. The van der Waals surface area contributed by atoms with Gasteiger partial charge in [0.05, 0.1) is 23.0 Å². The van der Waals surface area contributed by atoms with Gasteiger partial charge >= 0.3 is 5.97 Å². The predicted molar refractivity (Wildman–Crippen MR) is 92.4 cm³/mol. The van der Waals surface area contributed by atoms with E-state index in [2.05, 4.69) is 20.0 Å². The van der Waals surface area contributed by atoms with Crippen LogP contribution in [0, 0.1) is 0 Å². The number of H-pyrrole nitrogens is 1. The second-order valence-corrected chi connectivity index (χ2v) is 6.30. The molecule has 0 aliphatic rings. The third-order valence-corrected chi connectivity index (χ3v) is 4.59. The molecule has 3 aromatic rings. The molecular formula is C17H17N3O3S. The summed E-state index contributed by atoms with van der Waals surface area (Å²) in [7, 11) is 1.32. The van der Waals surface area contributed by atoms with Gasteiger partial charge in [0.2, 0.25) is 0 Å². The molecule has 0 saturated carbocycles. The fourth-order valence-electron chi connectivity index (χ4n) is 2.34. The molecule has 2 aromatic heterocycles. The number of rotatable bonds is 6. The molecule has 24 heavy (non-hydrogen) atoms. The Hall–Kier alpha value is -2.67. The smallest absolute Gasteiger partial charge is 0.348 e. The number of ether oxygens (including phenoxy) is 1. The van der Waals surface area contributed by atoms with E-state index in [1.165, 1.54) is 7.11 Å². The number of para-hydroxylation sites is 2. The van der Waals surface area contributed by atoms with Crippen LogP contribution in [0.2, 0.25) is 0 Å². The molecule has 1 amide bonds. The molecule has 124 valence electrons. The van der Waals surface area contributed by atoms with Gasteiger partial charge in [-0.25, -0.2) is 9.78 Å². The molecule has 0 saturated heterocycles. The summed E-state index contributed by atoms with van der Waals surface area (Å²) >= 11 is 1.13. The molecular weight excluding hydrogens is 326 g/mol. The van der Waals surface area contributed by atoms with Gasteiger partial charge in [0.15, 0.2) is 0 Å². The Labute approximate surface area is 142 Å². The maximum atomic E-state index is 12.0. The number of fused-ring (bicyclic) bond motifs is 1. The molecule has 2 N–H and O–H groups in total. The summed E-state index contributed by atoms with van der Waals surface area (Å²) in [6.45, 7) is 0.543. The summed E-state index contributed by atoms with van der Waals surface area (Å²) in [5.41, 5.74) is 1.97. The van der Waals surface area contributed by atoms with Crippen molar-refractivity contribution in [3.05, 3.63) is 52.0 Å². The van der Waals surface area contributed by atoms with Crippen molar-refractivity contribution in [2.45, 2.75) is 12.8 Å². The van der Waals surface area contributed by atoms with Crippen LogP contribution in [-0.4, -0.2) is 35.5 Å². The van der Waals surface area contributed by atoms with Crippen molar-refractivity contribution in [1.82, 2.24) is 15.3 Å². The molecule has 0 atom stereocenters. The highest BCUT2D eigenvalue weighted by Gasteiger charge is 2.13. The largest absolute Gasteiger partial charge is 0.465 e. The summed E-state index contributed by atoms with van der Waals surface area (Å²) in [5, 5.41) is 2.85. The third-order valence-electron chi connectivity index (χ3n) is 3.53. The van der Waals surface area contributed by atoms with Gasteiger partial charge in [0, 0.05) is 13.0 Å². The molecule has 0 bridgehead atoms. The van der Waals surface area contributed by atoms with Gasteiger partial charge in [0.25, 0.3) is 5.91 Å². The Kier molecular flexibility index (Phi) is 4.90. The lowest BCUT2D eigenvalue weighted by molar-refractivity contribution is 0.0606. The fourth-order valence-corrected chi connectivity index (χ4v) is 3.18. The Morgan fingerprint density at radius 2 is 2.00 bits per heavy atom. The highest BCUT2D eigenvalue weighted by Crippen LogP contribution is 2.17. The van der Waals surface area contributed by atoms with Crippen LogP contribution in [0.3, 0.4) is 0 Å². The van der Waals surface area contributed by atoms with Crippen LogP contribution in [-0.2, 0) is 11.2 Å². The Morgan fingerprint density at radius 1 is 1.21 bits per heavy atom. The van der Waals surface area contributed by atoms with E-state index in [9.17, 15) is 9.59 Å². The second-order valence-electron chi connectivity index (χ2n) is 5.22. The Balaban J connectivity index is 1.48. The van der Waals surface area contributed by atoms with E-state index < -0.39 is 5.97 Å². The number of hydrogen-bond acceptors (Lipinski definition) is 5. The van der Waals surface area contributed by atoms with Crippen LogP contribution in [0.4, 0.5) is 0 Å². The summed E-state index contributed by atoms with van der Waals surface area (Å²) < 4.78 is 4.63. The molecule has 3 rings (SSSR count). The first kappa shape index (κ1) is 16.2. The number of nitrogens with zero attached hydrogens (tertiary/aromatic N) is 1. The van der Waals surface area contributed by atoms with Gasteiger partial charge in [-0.1, -0.05) is 12.1 Å². The van der Waals surface area contributed by atoms with Crippen molar-refractivity contribution in [1.29, 1.82) is 0 Å². The summed E-state index contributed by atoms with van der Waals surface area (Å²) in [5.74, 6) is 0.304. The highest BCUT2D eigenvalue weighted by atomic mass is 32.1. The average Bonchev–Trinajstić information content (AvgIpc) is 3.24. The van der Waals surface area contributed by atoms with Crippen LogP contribution < -0.4 is 5.32 Å². The highest BCUT2D eigenvalue weighted by molar-refractivity contribution is 7.15. The molecule has 7 heteroatoms. The summed E-state index contributed by atoms with van der Waals surface area (Å²) in [6.07, 6.45) is 1.54. The minimum atomic E-state index is -0.427. The number of thiophene rings is 1. The van der Waals surface area contributed by atoms with Crippen molar-refractivity contribution in [2.24, 2.45) is 0 Å². The number of carbonyl (C=O) groups is 2. The van der Waals surface area contributed by atoms with Crippen LogP contribution in [0.5, 0.6) is 0 Å². The number of nitrogens with one attached hydrogen (secondary N) is 2. The van der Waals surface area contributed by atoms with E-state index in [4.69, 9.17) is 0 Å². The summed E-state index contributed by atoms with van der Waals surface area (Å²) in [4.78, 5) is 32.1. The van der Waals surface area contributed by atoms with E-state index in [1.807, 2.05) is 24.3 Å². The molecule has 0 aliphatic heterocycles. The summed E-state index contributed by atoms with van der Waals surface area (Å²) in [6, 6.07) is 11.1. The van der Waals surface area contributed by atoms with E-state index in [-0.39, 0.29) is 5.91 Å². The molecule has 0 radical (unpaired) electrons. The maximum Gasteiger partial charge on any atom is 0.348 e. The normalized spacial score (nSPS) is 10.7. The van der Waals surface area contributed by atoms with E-state index in [0.717, 1.165) is 41.0 Å². The van der Waals surface area contributed by atoms with Gasteiger partial charge in [-0.2, -0.15) is 0 Å². The van der Waals surface area contributed by atoms with E-state index >= 15 is 0 Å². The fraction of sp³-hybridized carbons (Fsp3) is 0.235. The maximum absolute atomic E-state index is 12.0. The molecule has 1 aromatic carbocycles. The zero-order valence-electron chi connectivity index (χ0n) is 13.2. The predicted octanol–water partition coefficient (Wildman–Crippen LogP) is 2.77. The number of aromatic nitrogens is 2.